The third-order valence-corrected chi connectivity index (χ3v) is 5.41. The van der Waals surface area contributed by atoms with Gasteiger partial charge in [0.25, 0.3) is 0 Å². The van der Waals surface area contributed by atoms with Gasteiger partial charge in [-0.05, 0) is 25.1 Å². The van der Waals surface area contributed by atoms with Gasteiger partial charge in [-0.3, -0.25) is 4.68 Å². The molecule has 1 aromatic carbocycles. The highest BCUT2D eigenvalue weighted by Crippen LogP contribution is 2.27. The van der Waals surface area contributed by atoms with Crippen molar-refractivity contribution in [1.82, 2.24) is 14.1 Å². The molecule has 120 valence electrons. The molecule has 0 atom stereocenters. The maximum atomic E-state index is 14.0. The van der Waals surface area contributed by atoms with Crippen LogP contribution in [-0.4, -0.2) is 43.2 Å². The monoisotopic (exact) mass is 327 g/mol. The van der Waals surface area contributed by atoms with Crippen LogP contribution in [0.2, 0.25) is 0 Å². The number of likely N-dealkylation sites (N-methyl/N-ethyl adjacent to an activating group) is 1. The molecule has 22 heavy (non-hydrogen) atoms. The van der Waals surface area contributed by atoms with Gasteiger partial charge in [-0.25, -0.2) is 12.8 Å². The summed E-state index contributed by atoms with van der Waals surface area (Å²) in [6.45, 7) is 2.07. The maximum absolute atomic E-state index is 14.0. The fraction of sp³-hybridized carbons (Fsp3) is 0.357. The number of aromatic nitrogens is 2. The van der Waals surface area contributed by atoms with Crippen LogP contribution in [0.3, 0.4) is 0 Å². The Morgan fingerprint density at radius 3 is 2.73 bits per heavy atom. The molecule has 0 aliphatic carbocycles. The normalized spacial score (nSPS) is 11.9. The summed E-state index contributed by atoms with van der Waals surface area (Å²) >= 11 is 0. The molecule has 0 bridgehead atoms. The molecule has 1 aromatic heterocycles. The lowest BCUT2D eigenvalue weighted by molar-refractivity contribution is 0.383. The maximum Gasteiger partial charge on any atom is 0.243 e. The molecule has 0 unspecified atom stereocenters. The lowest BCUT2D eigenvalue weighted by Crippen LogP contribution is -2.31. The summed E-state index contributed by atoms with van der Waals surface area (Å²) in [7, 11) is -0.979. The van der Waals surface area contributed by atoms with E-state index >= 15 is 0 Å². The number of halogens is 1. The number of hydrogen-bond acceptors (Lipinski definition) is 4. The molecular weight excluding hydrogens is 309 g/mol. The first kappa shape index (κ1) is 16.4. The number of nitrogens with zero attached hydrogens (tertiary/aromatic N) is 3. The summed E-state index contributed by atoms with van der Waals surface area (Å²) < 4.78 is 46.8. The van der Waals surface area contributed by atoms with Crippen LogP contribution in [-0.2, 0) is 16.6 Å². The fourth-order valence-electron chi connectivity index (χ4n) is 2.04. The molecule has 0 amide bonds. The van der Waals surface area contributed by atoms with E-state index in [2.05, 4.69) is 5.10 Å². The van der Waals surface area contributed by atoms with Crippen molar-refractivity contribution >= 4 is 10.0 Å². The van der Waals surface area contributed by atoms with Crippen molar-refractivity contribution in [1.29, 1.82) is 0 Å². The Hall–Kier alpha value is -1.93. The van der Waals surface area contributed by atoms with Gasteiger partial charge in [0.1, 0.15) is 0 Å². The minimum absolute atomic E-state index is 0.0237. The second-order valence-corrected chi connectivity index (χ2v) is 6.81. The number of methoxy groups -OCH3 is 1. The molecule has 0 spiro atoms. The Morgan fingerprint density at radius 1 is 1.41 bits per heavy atom. The fourth-order valence-corrected chi connectivity index (χ4v) is 3.42. The molecule has 2 aromatic rings. The van der Waals surface area contributed by atoms with E-state index in [1.807, 2.05) is 0 Å². The Morgan fingerprint density at radius 2 is 2.14 bits per heavy atom. The van der Waals surface area contributed by atoms with E-state index in [0.717, 1.165) is 0 Å². The summed E-state index contributed by atoms with van der Waals surface area (Å²) in [6, 6.07) is 4.44. The van der Waals surface area contributed by atoms with Crippen LogP contribution in [0.4, 0.5) is 4.39 Å². The summed E-state index contributed by atoms with van der Waals surface area (Å²) in [6.07, 6.45) is 3.37. The highest BCUT2D eigenvalue weighted by atomic mass is 32.2. The number of ether oxygens (including phenoxy) is 1. The minimum atomic E-state index is -3.77. The Labute approximate surface area is 129 Å². The quantitative estimate of drug-likeness (QED) is 0.809. The second-order valence-electron chi connectivity index (χ2n) is 4.80. The van der Waals surface area contributed by atoms with E-state index in [4.69, 9.17) is 4.74 Å². The second kappa shape index (κ2) is 6.45. The molecule has 0 saturated carbocycles. The summed E-state index contributed by atoms with van der Waals surface area (Å²) in [5.41, 5.74) is 0.0466. The average molecular weight is 327 g/mol. The van der Waals surface area contributed by atoms with E-state index in [1.54, 1.807) is 23.1 Å². The van der Waals surface area contributed by atoms with Crippen molar-refractivity contribution in [2.45, 2.75) is 18.4 Å². The molecule has 0 radical (unpaired) electrons. The third-order valence-electron chi connectivity index (χ3n) is 3.41. The first-order chi connectivity index (χ1) is 10.4. The van der Waals surface area contributed by atoms with Crippen molar-refractivity contribution in [2.75, 3.05) is 20.7 Å². The van der Waals surface area contributed by atoms with Crippen LogP contribution in [0, 0.1) is 12.7 Å². The van der Waals surface area contributed by atoms with Crippen LogP contribution in [0.1, 0.15) is 5.56 Å². The number of benzene rings is 1. The lowest BCUT2D eigenvalue weighted by Gasteiger charge is -2.19. The van der Waals surface area contributed by atoms with Gasteiger partial charge in [-0.15, -0.1) is 0 Å². The summed E-state index contributed by atoms with van der Waals surface area (Å²) in [5.74, 6) is -0.639. The summed E-state index contributed by atoms with van der Waals surface area (Å²) in [5, 5.41) is 4.02. The molecule has 6 nitrogen and oxygen atoms in total. The Bertz CT molecular complexity index is 745. The van der Waals surface area contributed by atoms with Gasteiger partial charge in [-0.2, -0.15) is 9.40 Å². The van der Waals surface area contributed by atoms with Gasteiger partial charge in [0.05, 0.1) is 18.6 Å². The van der Waals surface area contributed by atoms with Gasteiger partial charge >= 0.3 is 0 Å². The molecule has 0 N–H and O–H groups in total. The van der Waals surface area contributed by atoms with Gasteiger partial charge in [0, 0.05) is 31.5 Å². The zero-order chi connectivity index (χ0) is 16.3. The highest BCUT2D eigenvalue weighted by molar-refractivity contribution is 7.89. The van der Waals surface area contributed by atoms with Crippen molar-refractivity contribution in [3.63, 3.8) is 0 Å². The van der Waals surface area contributed by atoms with Crippen LogP contribution in [0.5, 0.6) is 5.75 Å². The third kappa shape index (κ3) is 3.12. The molecule has 8 heteroatoms. The number of sulfonamides is 1. The summed E-state index contributed by atoms with van der Waals surface area (Å²) in [4.78, 5) is -0.0613. The average Bonchev–Trinajstić information content (AvgIpc) is 3.00. The Kier molecular flexibility index (Phi) is 4.82. The van der Waals surface area contributed by atoms with E-state index in [-0.39, 0.29) is 22.8 Å². The van der Waals surface area contributed by atoms with E-state index in [9.17, 15) is 12.8 Å². The SMILES string of the molecule is COc1ccc(S(=O)(=O)N(C)CCn2cccn2)c(C)c1F. The minimum Gasteiger partial charge on any atom is -0.494 e. The molecule has 1 heterocycles. The van der Waals surface area contributed by atoms with E-state index in [1.165, 1.54) is 37.5 Å². The molecular formula is C14H18FN3O3S. The zero-order valence-electron chi connectivity index (χ0n) is 12.7. The van der Waals surface area contributed by atoms with Crippen molar-refractivity contribution in [3.05, 3.63) is 42.0 Å². The van der Waals surface area contributed by atoms with Crippen LogP contribution in [0.15, 0.2) is 35.5 Å². The topological polar surface area (TPSA) is 64.4 Å². The van der Waals surface area contributed by atoms with E-state index < -0.39 is 15.8 Å². The molecule has 0 aliphatic heterocycles. The van der Waals surface area contributed by atoms with Crippen LogP contribution >= 0.6 is 0 Å². The standard InChI is InChI=1S/C14H18FN3O3S/c1-11-13(6-5-12(21-3)14(11)15)22(19,20)17(2)9-10-18-8-4-7-16-18/h4-8H,9-10H2,1-3H3. The number of hydrogen-bond donors (Lipinski definition) is 0. The van der Waals surface area contributed by atoms with Crippen molar-refractivity contribution in [3.8, 4) is 5.75 Å². The highest BCUT2D eigenvalue weighted by Gasteiger charge is 2.25. The first-order valence-electron chi connectivity index (χ1n) is 6.64. The van der Waals surface area contributed by atoms with Gasteiger partial charge in [-0.1, -0.05) is 0 Å². The molecule has 0 fully saturated rings. The van der Waals surface area contributed by atoms with Crippen molar-refractivity contribution < 1.29 is 17.5 Å². The molecule has 0 aliphatic rings. The van der Waals surface area contributed by atoms with Crippen molar-refractivity contribution in [2.24, 2.45) is 0 Å². The predicted molar refractivity (Wildman–Crippen MR) is 79.7 cm³/mol. The van der Waals surface area contributed by atoms with Crippen LogP contribution in [0.25, 0.3) is 0 Å². The first-order valence-corrected chi connectivity index (χ1v) is 8.08. The Balaban J connectivity index is 2.24. The van der Waals surface area contributed by atoms with Gasteiger partial charge < -0.3 is 4.74 Å². The molecule has 0 saturated heterocycles. The zero-order valence-corrected chi connectivity index (χ0v) is 13.5. The van der Waals surface area contributed by atoms with Crippen LogP contribution < -0.4 is 4.74 Å². The molecule has 2 rings (SSSR count). The van der Waals surface area contributed by atoms with Gasteiger partial charge in [0.15, 0.2) is 11.6 Å². The van der Waals surface area contributed by atoms with E-state index in [0.29, 0.717) is 6.54 Å². The predicted octanol–water partition coefficient (Wildman–Crippen LogP) is 1.66. The number of rotatable bonds is 6. The largest absolute Gasteiger partial charge is 0.494 e. The van der Waals surface area contributed by atoms with Gasteiger partial charge in [0.2, 0.25) is 10.0 Å². The smallest absolute Gasteiger partial charge is 0.243 e. The lowest BCUT2D eigenvalue weighted by atomic mass is 10.2.